The van der Waals surface area contributed by atoms with Crippen molar-refractivity contribution in [3.8, 4) is 0 Å². The predicted octanol–water partition coefficient (Wildman–Crippen LogP) is 2.33. The Kier molecular flexibility index (Phi) is 10.2. The molecule has 1 N–H and O–H groups in total. The quantitative estimate of drug-likeness (QED) is 0.459. The number of aliphatic hydroxyl groups excluding tert-OH is 1. The number of hydrogen-bond donors (Lipinski definition) is 1. The van der Waals surface area contributed by atoms with Gasteiger partial charge in [-0.15, -0.1) is 0 Å². The van der Waals surface area contributed by atoms with Gasteiger partial charge in [0.05, 0.1) is 26.9 Å². The van der Waals surface area contributed by atoms with E-state index in [1.165, 1.54) is 24.0 Å². The molecule has 34 heavy (non-hydrogen) atoms. The molecule has 2 amide bonds. The lowest BCUT2D eigenvalue weighted by atomic mass is 10.1. The van der Waals surface area contributed by atoms with Crippen LogP contribution in [0.15, 0.2) is 0 Å². The smallest absolute Gasteiger partial charge is 0.411 e. The lowest BCUT2D eigenvalue weighted by Gasteiger charge is -2.27. The standard InChI is InChI=1S/C12H21NO4.C11H19NO5/c1-8-6-9(10(14)16-5)13(7-8)11(15)17-12(2,3)4;1-11(2,3)17-10(15)12-6-7(13)5-8(12)9(14)16-4/h8-9H,6-7H2,1-5H3;7-8,13H,5-6H2,1-4H3/t8-,9-;7-,8-/m11/s1. The topological polar surface area (TPSA) is 132 Å². The summed E-state index contributed by atoms with van der Waals surface area (Å²) in [5, 5.41) is 9.50. The molecule has 0 aliphatic carbocycles. The number of nitrogens with zero attached hydrogens (tertiary/aromatic N) is 2. The largest absolute Gasteiger partial charge is 0.467 e. The lowest BCUT2D eigenvalue weighted by molar-refractivity contribution is -0.146. The van der Waals surface area contributed by atoms with Gasteiger partial charge in [0.2, 0.25) is 0 Å². The van der Waals surface area contributed by atoms with Crippen LogP contribution in [-0.2, 0) is 28.5 Å². The highest BCUT2D eigenvalue weighted by Crippen LogP contribution is 2.26. The van der Waals surface area contributed by atoms with Gasteiger partial charge in [-0.05, 0) is 53.9 Å². The molecule has 2 rings (SSSR count). The highest BCUT2D eigenvalue weighted by atomic mass is 16.6. The first kappa shape index (κ1) is 29.5. The zero-order chi connectivity index (χ0) is 26.4. The molecule has 0 radical (unpaired) electrons. The van der Waals surface area contributed by atoms with Crippen LogP contribution < -0.4 is 0 Å². The van der Waals surface area contributed by atoms with Gasteiger partial charge in [-0.2, -0.15) is 0 Å². The zero-order valence-electron chi connectivity index (χ0n) is 21.7. The summed E-state index contributed by atoms with van der Waals surface area (Å²) in [4.78, 5) is 49.5. The summed E-state index contributed by atoms with van der Waals surface area (Å²) in [5.74, 6) is -0.626. The van der Waals surface area contributed by atoms with Gasteiger partial charge in [-0.3, -0.25) is 9.80 Å². The molecule has 0 aromatic heterocycles. The van der Waals surface area contributed by atoms with Crippen molar-refractivity contribution in [2.75, 3.05) is 27.3 Å². The van der Waals surface area contributed by atoms with Gasteiger partial charge in [0.15, 0.2) is 0 Å². The second kappa shape index (κ2) is 11.7. The maximum absolute atomic E-state index is 11.9. The van der Waals surface area contributed by atoms with Gasteiger partial charge in [0.25, 0.3) is 0 Å². The summed E-state index contributed by atoms with van der Waals surface area (Å²) in [6.45, 7) is 13.3. The first-order valence-corrected chi connectivity index (χ1v) is 11.3. The van der Waals surface area contributed by atoms with Crippen molar-refractivity contribution in [1.29, 1.82) is 0 Å². The molecular formula is C23H40N2O9. The second-order valence-electron chi connectivity index (χ2n) is 10.6. The van der Waals surface area contributed by atoms with Crippen molar-refractivity contribution in [3.05, 3.63) is 0 Å². The molecule has 2 heterocycles. The number of ether oxygens (including phenoxy) is 4. The zero-order valence-corrected chi connectivity index (χ0v) is 21.7. The maximum Gasteiger partial charge on any atom is 0.411 e. The minimum absolute atomic E-state index is 0.0919. The number of rotatable bonds is 2. The first-order chi connectivity index (χ1) is 15.5. The molecule has 0 saturated carbocycles. The Labute approximate surface area is 201 Å². The van der Waals surface area contributed by atoms with Crippen LogP contribution in [-0.4, -0.2) is 95.7 Å². The number of carbonyl (C=O) groups is 4. The molecule has 11 heteroatoms. The van der Waals surface area contributed by atoms with E-state index in [-0.39, 0.29) is 24.9 Å². The Morgan fingerprint density at radius 2 is 1.12 bits per heavy atom. The van der Waals surface area contributed by atoms with E-state index < -0.39 is 47.5 Å². The summed E-state index contributed by atoms with van der Waals surface area (Å²) in [7, 11) is 2.58. The number of amides is 2. The van der Waals surface area contributed by atoms with Crippen LogP contribution in [0.25, 0.3) is 0 Å². The highest BCUT2D eigenvalue weighted by Gasteiger charge is 2.42. The minimum Gasteiger partial charge on any atom is -0.467 e. The highest BCUT2D eigenvalue weighted by molar-refractivity contribution is 5.83. The molecule has 196 valence electrons. The molecule has 0 bridgehead atoms. The average Bonchev–Trinajstić information content (AvgIpc) is 3.27. The van der Waals surface area contributed by atoms with Gasteiger partial charge in [-0.1, -0.05) is 6.92 Å². The van der Waals surface area contributed by atoms with Crippen molar-refractivity contribution in [1.82, 2.24) is 9.80 Å². The fourth-order valence-electron chi connectivity index (χ4n) is 3.62. The molecule has 0 aromatic carbocycles. The molecule has 0 spiro atoms. The summed E-state index contributed by atoms with van der Waals surface area (Å²) in [5.41, 5.74) is -1.19. The van der Waals surface area contributed by atoms with E-state index in [9.17, 15) is 24.3 Å². The summed E-state index contributed by atoms with van der Waals surface area (Å²) >= 11 is 0. The molecule has 2 aliphatic rings. The molecule has 0 aromatic rings. The number of methoxy groups -OCH3 is 2. The van der Waals surface area contributed by atoms with Crippen LogP contribution in [0.5, 0.6) is 0 Å². The minimum atomic E-state index is -0.759. The van der Waals surface area contributed by atoms with Crippen molar-refractivity contribution in [3.63, 3.8) is 0 Å². The number of hydrogen-bond acceptors (Lipinski definition) is 9. The van der Waals surface area contributed by atoms with E-state index in [4.69, 9.17) is 14.2 Å². The van der Waals surface area contributed by atoms with Crippen LogP contribution >= 0.6 is 0 Å². The van der Waals surface area contributed by atoms with Crippen molar-refractivity contribution < 1.29 is 43.2 Å². The normalized spacial score (nSPS) is 24.6. The number of carbonyl (C=O) groups excluding carboxylic acids is 4. The average molecular weight is 489 g/mol. The van der Waals surface area contributed by atoms with Crippen LogP contribution in [0.2, 0.25) is 0 Å². The molecular weight excluding hydrogens is 448 g/mol. The Hall–Kier alpha value is -2.56. The van der Waals surface area contributed by atoms with Crippen molar-refractivity contribution in [2.45, 2.75) is 90.7 Å². The number of aliphatic hydroxyl groups is 1. The Morgan fingerprint density at radius 1 is 0.735 bits per heavy atom. The Bertz CT molecular complexity index is 680. The van der Waals surface area contributed by atoms with Gasteiger partial charge in [-0.25, -0.2) is 19.2 Å². The van der Waals surface area contributed by atoms with E-state index in [1.54, 1.807) is 41.5 Å². The van der Waals surface area contributed by atoms with Gasteiger partial charge < -0.3 is 24.1 Å². The third-order valence-corrected chi connectivity index (χ3v) is 4.99. The van der Waals surface area contributed by atoms with Crippen LogP contribution in [0, 0.1) is 5.92 Å². The van der Waals surface area contributed by atoms with E-state index in [0.29, 0.717) is 13.0 Å². The Balaban J connectivity index is 0.000000340. The van der Waals surface area contributed by atoms with Crippen LogP contribution in [0.4, 0.5) is 9.59 Å². The van der Waals surface area contributed by atoms with E-state index in [2.05, 4.69) is 4.74 Å². The molecule has 2 fully saturated rings. The molecule has 4 atom stereocenters. The molecule has 2 saturated heterocycles. The first-order valence-electron chi connectivity index (χ1n) is 11.3. The fourth-order valence-corrected chi connectivity index (χ4v) is 3.62. The molecule has 2 aliphatic heterocycles. The maximum atomic E-state index is 11.9. The Morgan fingerprint density at radius 3 is 1.50 bits per heavy atom. The van der Waals surface area contributed by atoms with E-state index in [0.717, 1.165) is 0 Å². The van der Waals surface area contributed by atoms with Crippen LogP contribution in [0.3, 0.4) is 0 Å². The monoisotopic (exact) mass is 488 g/mol. The van der Waals surface area contributed by atoms with Crippen LogP contribution in [0.1, 0.15) is 61.3 Å². The molecule has 0 unspecified atom stereocenters. The van der Waals surface area contributed by atoms with Crippen molar-refractivity contribution in [2.24, 2.45) is 5.92 Å². The van der Waals surface area contributed by atoms with Crippen molar-refractivity contribution >= 4 is 24.1 Å². The van der Waals surface area contributed by atoms with Gasteiger partial charge >= 0.3 is 24.1 Å². The SMILES string of the molecule is COC(=O)[C@H]1C[C@@H](C)CN1C(=O)OC(C)(C)C.COC(=O)[C@H]1C[C@@H](O)CN1C(=O)OC(C)(C)C. The lowest BCUT2D eigenvalue weighted by Crippen LogP contribution is -2.43. The summed E-state index contributed by atoms with van der Waals surface area (Å²) in [6, 6.07) is -1.27. The van der Waals surface area contributed by atoms with Gasteiger partial charge in [0.1, 0.15) is 23.3 Å². The number of likely N-dealkylation sites (tertiary alicyclic amines) is 2. The summed E-state index contributed by atoms with van der Waals surface area (Å²) in [6.07, 6.45) is -0.953. The summed E-state index contributed by atoms with van der Waals surface area (Å²) < 4.78 is 19.7. The molecule has 11 nitrogen and oxygen atoms in total. The third-order valence-electron chi connectivity index (χ3n) is 4.99. The number of β-amino-alcohol motifs (C(OH)–C–C–N with tert-alkyl or cyclic N) is 1. The number of esters is 2. The second-order valence-corrected chi connectivity index (χ2v) is 10.6. The van der Waals surface area contributed by atoms with E-state index >= 15 is 0 Å². The van der Waals surface area contributed by atoms with Gasteiger partial charge in [0, 0.05) is 13.0 Å². The third kappa shape index (κ3) is 9.00. The fraction of sp³-hybridized carbons (Fsp3) is 0.826. The predicted molar refractivity (Wildman–Crippen MR) is 122 cm³/mol. The van der Waals surface area contributed by atoms with E-state index in [1.807, 2.05) is 6.92 Å².